The molecular formula is C20H24FN3O3S. The van der Waals surface area contributed by atoms with Crippen LogP contribution in [-0.4, -0.2) is 36.2 Å². The van der Waals surface area contributed by atoms with Gasteiger partial charge in [-0.25, -0.2) is 12.8 Å². The van der Waals surface area contributed by atoms with Gasteiger partial charge in [0.1, 0.15) is 5.82 Å². The number of amides is 1. The number of benzene rings is 1. The normalized spacial score (nSPS) is 15.5. The Morgan fingerprint density at radius 2 is 1.86 bits per heavy atom. The highest BCUT2D eigenvalue weighted by Crippen LogP contribution is 2.27. The van der Waals surface area contributed by atoms with E-state index in [9.17, 15) is 17.6 Å². The van der Waals surface area contributed by atoms with Crippen molar-refractivity contribution in [3.8, 4) is 0 Å². The van der Waals surface area contributed by atoms with Gasteiger partial charge in [0.05, 0.1) is 11.4 Å². The molecule has 1 aliphatic rings. The van der Waals surface area contributed by atoms with Crippen LogP contribution in [0.4, 0.5) is 4.39 Å². The zero-order valence-electron chi connectivity index (χ0n) is 15.6. The maximum Gasteiger partial charge on any atom is 0.243 e. The fourth-order valence-electron chi connectivity index (χ4n) is 3.42. The maximum absolute atomic E-state index is 13.2. The average molecular weight is 405 g/mol. The summed E-state index contributed by atoms with van der Waals surface area (Å²) in [5, 5.41) is 2.76. The summed E-state index contributed by atoms with van der Waals surface area (Å²) >= 11 is 0. The number of carbonyl (C=O) groups is 1. The van der Waals surface area contributed by atoms with Crippen LogP contribution in [0.15, 0.2) is 53.7 Å². The molecule has 2 aromatic rings. The lowest BCUT2D eigenvalue weighted by molar-refractivity contribution is -0.121. The predicted octanol–water partition coefficient (Wildman–Crippen LogP) is 2.86. The van der Waals surface area contributed by atoms with Crippen LogP contribution in [0.3, 0.4) is 0 Å². The molecule has 0 unspecified atom stereocenters. The number of nitrogens with one attached hydrogen (secondary N) is 1. The van der Waals surface area contributed by atoms with Crippen LogP contribution in [-0.2, 0) is 21.4 Å². The number of hydrogen-bond donors (Lipinski definition) is 1. The van der Waals surface area contributed by atoms with Gasteiger partial charge in [-0.15, -0.1) is 0 Å². The highest BCUT2D eigenvalue weighted by Gasteiger charge is 2.33. The molecule has 1 amide bonds. The van der Waals surface area contributed by atoms with Crippen LogP contribution in [0.25, 0.3) is 0 Å². The van der Waals surface area contributed by atoms with Gasteiger partial charge >= 0.3 is 0 Å². The second kappa shape index (κ2) is 9.25. The van der Waals surface area contributed by atoms with Crippen molar-refractivity contribution in [2.45, 2.75) is 49.6 Å². The monoisotopic (exact) mass is 405 g/mol. The Labute approximate surface area is 164 Å². The summed E-state index contributed by atoms with van der Waals surface area (Å²) in [6.07, 6.45) is 7.65. The molecule has 1 saturated carbocycles. The molecular weight excluding hydrogens is 381 g/mol. The fourth-order valence-corrected chi connectivity index (χ4v) is 5.06. The molecule has 1 N–H and O–H groups in total. The number of rotatable bonds is 7. The molecule has 6 nitrogen and oxygen atoms in total. The van der Waals surface area contributed by atoms with E-state index in [0.29, 0.717) is 0 Å². The van der Waals surface area contributed by atoms with Crippen LogP contribution in [0.2, 0.25) is 0 Å². The lowest BCUT2D eigenvalue weighted by atomic mass is 9.95. The third-order valence-electron chi connectivity index (χ3n) is 4.91. The van der Waals surface area contributed by atoms with E-state index in [1.54, 1.807) is 18.5 Å². The second-order valence-corrected chi connectivity index (χ2v) is 8.82. The van der Waals surface area contributed by atoms with E-state index in [4.69, 9.17) is 0 Å². The standard InChI is InChI=1S/C20H24FN3O3S/c21-17-8-10-19(11-9-17)28(26,27)24(18-6-2-1-3-7-18)15-20(25)23-14-16-5-4-12-22-13-16/h4-5,8-13,18H,1-3,6-7,14-15H2,(H,23,25). The number of aromatic nitrogens is 1. The first-order chi connectivity index (χ1) is 13.5. The van der Waals surface area contributed by atoms with Crippen molar-refractivity contribution in [2.24, 2.45) is 0 Å². The number of sulfonamides is 1. The molecule has 0 atom stereocenters. The van der Waals surface area contributed by atoms with Gasteiger partial charge < -0.3 is 5.32 Å². The van der Waals surface area contributed by atoms with E-state index in [1.165, 1.54) is 16.4 Å². The summed E-state index contributed by atoms with van der Waals surface area (Å²) in [6, 6.07) is 8.11. The zero-order valence-corrected chi connectivity index (χ0v) is 16.4. The number of carbonyl (C=O) groups excluding carboxylic acids is 1. The SMILES string of the molecule is O=C(CN(C1CCCCC1)S(=O)(=O)c1ccc(F)cc1)NCc1cccnc1. The summed E-state index contributed by atoms with van der Waals surface area (Å²) in [4.78, 5) is 16.5. The quantitative estimate of drug-likeness (QED) is 0.768. The number of hydrogen-bond acceptors (Lipinski definition) is 4. The Morgan fingerprint density at radius 1 is 1.14 bits per heavy atom. The van der Waals surface area contributed by atoms with Crippen molar-refractivity contribution in [1.29, 1.82) is 0 Å². The van der Waals surface area contributed by atoms with Crippen molar-refractivity contribution in [2.75, 3.05) is 6.54 Å². The lowest BCUT2D eigenvalue weighted by Gasteiger charge is -2.33. The topological polar surface area (TPSA) is 79.4 Å². The average Bonchev–Trinajstić information content (AvgIpc) is 2.72. The fraction of sp³-hybridized carbons (Fsp3) is 0.400. The first-order valence-corrected chi connectivity index (χ1v) is 10.8. The maximum atomic E-state index is 13.2. The zero-order chi connectivity index (χ0) is 20.0. The summed E-state index contributed by atoms with van der Waals surface area (Å²) < 4.78 is 40.8. The van der Waals surface area contributed by atoms with Crippen molar-refractivity contribution >= 4 is 15.9 Å². The third-order valence-corrected chi connectivity index (χ3v) is 6.83. The van der Waals surface area contributed by atoms with Gasteiger partial charge in [0.2, 0.25) is 15.9 Å². The molecule has 1 fully saturated rings. The molecule has 0 spiro atoms. The molecule has 150 valence electrons. The Balaban J connectivity index is 1.76. The van der Waals surface area contributed by atoms with Crippen molar-refractivity contribution < 1.29 is 17.6 Å². The van der Waals surface area contributed by atoms with Crippen LogP contribution in [0.1, 0.15) is 37.7 Å². The van der Waals surface area contributed by atoms with Crippen LogP contribution in [0.5, 0.6) is 0 Å². The Hall–Kier alpha value is -2.32. The van der Waals surface area contributed by atoms with E-state index in [2.05, 4.69) is 10.3 Å². The Morgan fingerprint density at radius 3 is 2.50 bits per heavy atom. The van der Waals surface area contributed by atoms with E-state index >= 15 is 0 Å². The first kappa shape index (κ1) is 20.4. The molecule has 28 heavy (non-hydrogen) atoms. The van der Waals surface area contributed by atoms with Crippen molar-refractivity contribution in [1.82, 2.24) is 14.6 Å². The highest BCUT2D eigenvalue weighted by molar-refractivity contribution is 7.89. The van der Waals surface area contributed by atoms with Crippen LogP contribution >= 0.6 is 0 Å². The van der Waals surface area contributed by atoms with Crippen molar-refractivity contribution in [3.05, 3.63) is 60.2 Å². The summed E-state index contributed by atoms with van der Waals surface area (Å²) in [6.45, 7) is 0.0203. The summed E-state index contributed by atoms with van der Waals surface area (Å²) in [7, 11) is -3.90. The Kier molecular flexibility index (Phi) is 6.74. The van der Waals surface area contributed by atoms with Gasteiger partial charge in [0.15, 0.2) is 0 Å². The van der Waals surface area contributed by atoms with Crippen LogP contribution in [0, 0.1) is 5.82 Å². The lowest BCUT2D eigenvalue weighted by Crippen LogP contribution is -2.46. The van der Waals surface area contributed by atoms with Gasteiger partial charge in [-0.3, -0.25) is 9.78 Å². The number of nitrogens with zero attached hydrogens (tertiary/aromatic N) is 2. The van der Waals surface area contributed by atoms with Gasteiger partial charge in [0.25, 0.3) is 0 Å². The minimum Gasteiger partial charge on any atom is -0.351 e. The molecule has 8 heteroatoms. The van der Waals surface area contributed by atoms with E-state index in [1.807, 2.05) is 6.07 Å². The van der Waals surface area contributed by atoms with Gasteiger partial charge in [-0.1, -0.05) is 25.3 Å². The van der Waals surface area contributed by atoms with E-state index in [-0.39, 0.29) is 29.9 Å². The summed E-state index contributed by atoms with van der Waals surface area (Å²) in [5.74, 6) is -0.877. The van der Waals surface area contributed by atoms with E-state index < -0.39 is 15.8 Å². The largest absolute Gasteiger partial charge is 0.351 e. The molecule has 0 saturated heterocycles. The van der Waals surface area contributed by atoms with Gasteiger partial charge in [-0.2, -0.15) is 4.31 Å². The predicted molar refractivity (Wildman–Crippen MR) is 103 cm³/mol. The van der Waals surface area contributed by atoms with E-state index in [0.717, 1.165) is 49.8 Å². The Bertz CT molecular complexity index is 883. The minimum absolute atomic E-state index is 0.000433. The molecule has 3 rings (SSSR count). The van der Waals surface area contributed by atoms with Crippen LogP contribution < -0.4 is 5.32 Å². The summed E-state index contributed by atoms with van der Waals surface area (Å²) in [5.41, 5.74) is 0.835. The molecule has 0 aliphatic heterocycles. The molecule has 1 aromatic heterocycles. The third kappa shape index (κ3) is 5.14. The van der Waals surface area contributed by atoms with Gasteiger partial charge in [-0.05, 0) is 48.7 Å². The smallest absolute Gasteiger partial charge is 0.243 e. The molecule has 0 bridgehead atoms. The van der Waals surface area contributed by atoms with Gasteiger partial charge in [0, 0.05) is 25.0 Å². The number of pyridine rings is 1. The minimum atomic E-state index is -3.90. The molecule has 1 aliphatic carbocycles. The molecule has 1 heterocycles. The molecule has 0 radical (unpaired) electrons. The number of halogens is 1. The highest BCUT2D eigenvalue weighted by atomic mass is 32.2. The second-order valence-electron chi connectivity index (χ2n) is 6.93. The van der Waals surface area contributed by atoms with Crippen molar-refractivity contribution in [3.63, 3.8) is 0 Å². The first-order valence-electron chi connectivity index (χ1n) is 9.40. The molecule has 1 aromatic carbocycles.